The number of phenols is 1. The number of para-hydroxylation sites is 1. The van der Waals surface area contributed by atoms with Gasteiger partial charge in [-0.2, -0.15) is 0 Å². The van der Waals surface area contributed by atoms with Crippen LogP contribution in [0.15, 0.2) is 140 Å². The third-order valence-electron chi connectivity index (χ3n) is 12.7. The zero-order valence-corrected chi connectivity index (χ0v) is 42.4. The molecular weight excluding hydrogens is 815 g/mol. The Morgan fingerprint density at radius 3 is 1.78 bits per heavy atom. The largest absolute Gasteiger partial charge is 0.507 e. The van der Waals surface area contributed by atoms with Crippen LogP contribution in [-0.4, -0.2) is 19.6 Å². The summed E-state index contributed by atoms with van der Waals surface area (Å²) in [6.07, 6.45) is -1.71. The highest BCUT2D eigenvalue weighted by atomic mass is 16.3. The summed E-state index contributed by atoms with van der Waals surface area (Å²) in [4.78, 5) is 10.4. The van der Waals surface area contributed by atoms with Crippen LogP contribution in [0.5, 0.6) is 5.75 Å². The molecule has 8 aromatic rings. The van der Waals surface area contributed by atoms with Gasteiger partial charge < -0.3 is 5.11 Å². The van der Waals surface area contributed by atoms with E-state index >= 15 is 0 Å². The van der Waals surface area contributed by atoms with E-state index in [9.17, 15) is 5.11 Å². The first kappa shape index (κ1) is 42.1. The summed E-state index contributed by atoms with van der Waals surface area (Å²) in [5.41, 5.74) is 13.0. The molecule has 0 aliphatic carbocycles. The molecule has 1 N–H and O–H groups in total. The average molecular weight is 890 g/mol. The highest BCUT2D eigenvalue weighted by Gasteiger charge is 2.30. The number of rotatable bonds is 7. The number of aromatic nitrogens is 3. The fraction of sp³-hybridized carbons (Fsp3) is 0.333. The topological polar surface area (TPSA) is 50.9 Å². The van der Waals surface area contributed by atoms with Gasteiger partial charge in [0.15, 0.2) is 0 Å². The Labute approximate surface area is 406 Å². The van der Waals surface area contributed by atoms with E-state index in [0.29, 0.717) is 28.2 Å². The van der Waals surface area contributed by atoms with Crippen LogP contribution in [0.2, 0.25) is 0 Å². The number of imidazole rings is 1. The first-order valence-electron chi connectivity index (χ1n) is 25.7. The maximum atomic E-state index is 12.6. The van der Waals surface area contributed by atoms with Crippen LogP contribution in [0.1, 0.15) is 137 Å². The highest BCUT2D eigenvalue weighted by Crippen LogP contribution is 2.46. The number of hydrogen-bond acceptors (Lipinski definition) is 3. The molecule has 0 fully saturated rings. The molecule has 2 aromatic heterocycles. The number of hydrogen-bond donors (Lipinski definition) is 1. The number of phenolic OH excluding ortho intramolecular Hbond substituents is 1. The van der Waals surface area contributed by atoms with Crippen LogP contribution in [-0.2, 0) is 28.0 Å². The smallest absolute Gasteiger partial charge is 0.149 e. The summed E-state index contributed by atoms with van der Waals surface area (Å²) in [6, 6.07) is 43.5. The number of nitrogens with zero attached hydrogens (tertiary/aromatic N) is 3. The lowest BCUT2D eigenvalue weighted by atomic mass is 9.79. The monoisotopic (exact) mass is 890 g/mol. The molecule has 2 heterocycles. The van der Waals surface area contributed by atoms with E-state index in [1.807, 2.05) is 45.0 Å². The SMILES string of the molecule is [2H]c1nc(-c2cc(-c3cccc4c3nc(-c3cc(C(C)(C)C)cc(C(C)(C)C)c3O)n4-c3ccc(C(C)(C)C)cc3-c3ccccc3)cc(C(C)(C)C)c2)cc(-c2ccc(C([2H])([2H])C(C)(C)C)cc2)c1[2H]. The average Bonchev–Trinajstić information content (AvgIpc) is 3.67. The molecule has 0 aliphatic rings. The Morgan fingerprint density at radius 1 is 0.522 bits per heavy atom. The molecule has 4 nitrogen and oxygen atoms in total. The summed E-state index contributed by atoms with van der Waals surface area (Å²) in [7, 11) is 0. The van der Waals surface area contributed by atoms with Gasteiger partial charge in [0.1, 0.15) is 11.6 Å². The molecule has 6 aromatic carbocycles. The van der Waals surface area contributed by atoms with Crippen LogP contribution in [0.3, 0.4) is 0 Å². The number of aromatic hydroxyl groups is 1. The minimum absolute atomic E-state index is 0.00849. The zero-order chi connectivity index (χ0) is 52.0. The van der Waals surface area contributed by atoms with E-state index in [4.69, 9.17) is 15.5 Å². The fourth-order valence-corrected chi connectivity index (χ4v) is 8.80. The first-order valence-corrected chi connectivity index (χ1v) is 23.7. The Kier molecular flexibility index (Phi) is 10.8. The Bertz CT molecular complexity index is 3310. The minimum Gasteiger partial charge on any atom is -0.507 e. The molecule has 0 aliphatic heterocycles. The molecule has 8 rings (SSSR count). The van der Waals surface area contributed by atoms with Gasteiger partial charge in [0, 0.05) is 31.2 Å². The van der Waals surface area contributed by atoms with Gasteiger partial charge in [0.25, 0.3) is 0 Å². The molecule has 67 heavy (non-hydrogen) atoms. The Morgan fingerprint density at radius 2 is 1.15 bits per heavy atom. The van der Waals surface area contributed by atoms with Crippen LogP contribution in [0.25, 0.3) is 72.7 Å². The van der Waals surface area contributed by atoms with Crippen molar-refractivity contribution in [1.29, 1.82) is 0 Å². The van der Waals surface area contributed by atoms with Gasteiger partial charge in [-0.15, -0.1) is 0 Å². The van der Waals surface area contributed by atoms with Crippen molar-refractivity contribution in [2.24, 2.45) is 5.41 Å². The quantitative estimate of drug-likeness (QED) is 0.173. The third kappa shape index (κ3) is 9.91. The van der Waals surface area contributed by atoms with Gasteiger partial charge >= 0.3 is 0 Å². The number of fused-ring (bicyclic) bond motifs is 1. The van der Waals surface area contributed by atoms with Gasteiger partial charge in [0.2, 0.25) is 0 Å². The highest BCUT2D eigenvalue weighted by molar-refractivity contribution is 5.98. The van der Waals surface area contributed by atoms with Crippen molar-refractivity contribution in [3.63, 3.8) is 0 Å². The molecule has 0 bridgehead atoms. The van der Waals surface area contributed by atoms with Crippen molar-refractivity contribution < 1.29 is 10.6 Å². The van der Waals surface area contributed by atoms with Crippen LogP contribution < -0.4 is 0 Å². The van der Waals surface area contributed by atoms with Crippen molar-refractivity contribution in [2.75, 3.05) is 0 Å². The maximum Gasteiger partial charge on any atom is 0.149 e. The van der Waals surface area contributed by atoms with Crippen molar-refractivity contribution in [3.05, 3.63) is 167 Å². The third-order valence-corrected chi connectivity index (χ3v) is 12.7. The number of benzene rings is 6. The summed E-state index contributed by atoms with van der Waals surface area (Å²) >= 11 is 0. The predicted molar refractivity (Wildman–Crippen MR) is 286 cm³/mol. The second-order valence-electron chi connectivity index (χ2n) is 23.5. The van der Waals surface area contributed by atoms with Crippen molar-refractivity contribution >= 4 is 11.0 Å². The zero-order valence-electron chi connectivity index (χ0n) is 46.4. The van der Waals surface area contributed by atoms with Crippen LogP contribution in [0.4, 0.5) is 0 Å². The van der Waals surface area contributed by atoms with Crippen LogP contribution in [0, 0.1) is 5.41 Å². The normalized spacial score (nSPS) is 13.9. The Balaban J connectivity index is 1.42. The fourth-order valence-electron chi connectivity index (χ4n) is 8.80. The Hall–Kier alpha value is -6.26. The van der Waals surface area contributed by atoms with Gasteiger partial charge in [-0.1, -0.05) is 189 Å². The van der Waals surface area contributed by atoms with Crippen molar-refractivity contribution in [1.82, 2.24) is 14.5 Å². The lowest BCUT2D eigenvalue weighted by Crippen LogP contribution is -2.17. The predicted octanol–water partition coefficient (Wildman–Crippen LogP) is 17.2. The van der Waals surface area contributed by atoms with Gasteiger partial charge in [-0.3, -0.25) is 9.55 Å². The second-order valence-corrected chi connectivity index (χ2v) is 23.5. The van der Waals surface area contributed by atoms with E-state index in [2.05, 4.69) is 179 Å². The lowest BCUT2D eigenvalue weighted by Gasteiger charge is -2.28. The molecule has 0 unspecified atom stereocenters. The summed E-state index contributed by atoms with van der Waals surface area (Å²) in [5.74, 6) is 0.842. The van der Waals surface area contributed by atoms with Gasteiger partial charge in [-0.25, -0.2) is 4.98 Å². The minimum atomic E-state index is -1.57. The van der Waals surface area contributed by atoms with E-state index < -0.39 is 11.8 Å². The molecule has 0 radical (unpaired) electrons. The first-order chi connectivity index (χ1) is 32.9. The molecule has 0 saturated carbocycles. The summed E-state index contributed by atoms with van der Waals surface area (Å²) in [5, 5.41) is 12.6. The number of pyridine rings is 1. The van der Waals surface area contributed by atoms with Crippen molar-refractivity contribution in [2.45, 2.75) is 132 Å². The lowest BCUT2D eigenvalue weighted by molar-refractivity contribution is 0.411. The van der Waals surface area contributed by atoms with E-state index in [0.717, 1.165) is 66.8 Å². The second kappa shape index (κ2) is 17.1. The van der Waals surface area contributed by atoms with E-state index in [-0.39, 0.29) is 39.6 Å². The molecule has 0 saturated heterocycles. The standard InChI is InChI=1S/C63H71N3O/c1-59(2,3)39-40-24-26-41(27-25-40)43-30-31-64-53(35-43)45-32-44(33-47(34-45)61(7,8)9)49-22-19-23-55-56(49)65-58(51-37-48(62(10,11)12)38-52(57(51)67)63(13,14)15)66(55)54-29-28-46(60(4,5)6)36-50(54)42-20-17-16-18-21-42/h16-38,67H,39H2,1-15H3/i30D,31D,39D2. The molecular formula is C63H71N3O. The maximum absolute atomic E-state index is 12.6. The van der Waals surface area contributed by atoms with Gasteiger partial charge in [-0.05, 0) is 126 Å². The molecule has 4 heteroatoms. The molecule has 0 atom stereocenters. The molecule has 344 valence electrons. The van der Waals surface area contributed by atoms with Crippen LogP contribution >= 0.6 is 0 Å². The van der Waals surface area contributed by atoms with Crippen molar-refractivity contribution in [3.8, 4) is 67.5 Å². The molecule has 0 amide bonds. The van der Waals surface area contributed by atoms with E-state index in [1.165, 1.54) is 5.56 Å². The van der Waals surface area contributed by atoms with E-state index in [1.54, 1.807) is 12.1 Å². The van der Waals surface area contributed by atoms with Gasteiger partial charge in [0.05, 0.1) is 30.7 Å². The summed E-state index contributed by atoms with van der Waals surface area (Å²) < 4.78 is 37.9. The molecule has 0 spiro atoms. The summed E-state index contributed by atoms with van der Waals surface area (Å²) in [6.45, 7) is 32.0.